The van der Waals surface area contributed by atoms with E-state index >= 15 is 0 Å². The molecule has 2 aliphatic rings. The van der Waals surface area contributed by atoms with Crippen LogP contribution in [-0.4, -0.2) is 57.1 Å². The number of phosphoric ester groups is 1. The summed E-state index contributed by atoms with van der Waals surface area (Å²) < 4.78 is 20.0. The molecule has 5 N–H and O–H groups in total. The number of primary amides is 1. The van der Waals surface area contributed by atoms with Crippen LogP contribution in [0.1, 0.15) is 6.42 Å². The van der Waals surface area contributed by atoms with Gasteiger partial charge in [-0.2, -0.15) is 0 Å². The van der Waals surface area contributed by atoms with E-state index in [1.165, 1.54) is 17.3 Å². The minimum atomic E-state index is -4.96. The van der Waals surface area contributed by atoms with Crippen LogP contribution in [0.3, 0.4) is 0 Å². The van der Waals surface area contributed by atoms with Gasteiger partial charge in [-0.05, 0) is 6.42 Å². The summed E-state index contributed by atoms with van der Waals surface area (Å²) in [4.78, 5) is 31.6. The highest BCUT2D eigenvalue weighted by Crippen LogP contribution is 2.33. The minimum absolute atomic E-state index is 0.284. The lowest BCUT2D eigenvalue weighted by molar-refractivity contribution is -0.223. The molecule has 5 atom stereocenters. The number of carbonyl (C=O) groups excluding carboxylic acids is 1. The van der Waals surface area contributed by atoms with Crippen molar-refractivity contribution in [1.29, 1.82) is 0 Å². The normalized spacial score (nSPS) is 34.4. The molecule has 2 rings (SSSR count). The van der Waals surface area contributed by atoms with Gasteiger partial charge in [0.2, 0.25) is 5.91 Å². The van der Waals surface area contributed by atoms with Gasteiger partial charge in [0.1, 0.15) is 18.3 Å². The summed E-state index contributed by atoms with van der Waals surface area (Å²) in [5.74, 6) is -0.630. The highest BCUT2D eigenvalue weighted by molar-refractivity contribution is 7.44. The lowest BCUT2D eigenvalue weighted by Gasteiger charge is -2.28. The fourth-order valence-electron chi connectivity index (χ4n) is 2.18. The summed E-state index contributed by atoms with van der Waals surface area (Å²) in [5, 5.41) is 19.8. The molecule has 1 saturated heterocycles. The molecule has 1 unspecified atom stereocenters. The van der Waals surface area contributed by atoms with Crippen molar-refractivity contribution < 1.29 is 38.6 Å². The van der Waals surface area contributed by atoms with Gasteiger partial charge in [-0.25, -0.2) is 0 Å². The van der Waals surface area contributed by atoms with Gasteiger partial charge in [0, 0.05) is 18.0 Å². The van der Waals surface area contributed by atoms with Gasteiger partial charge in [0.25, 0.3) is 7.82 Å². The topological polar surface area (TPSA) is 166 Å². The van der Waals surface area contributed by atoms with Crippen LogP contribution in [0.5, 0.6) is 0 Å². The van der Waals surface area contributed by atoms with Crippen LogP contribution in [0.2, 0.25) is 0 Å². The molecule has 2 aliphatic heterocycles. The number of nitrogens with two attached hydrogens (primary N) is 1. The zero-order valence-corrected chi connectivity index (χ0v) is 12.2. The van der Waals surface area contributed by atoms with Gasteiger partial charge in [-0.15, -0.1) is 0 Å². The van der Waals surface area contributed by atoms with E-state index in [0.29, 0.717) is 6.42 Å². The average molecular weight is 335 g/mol. The number of rotatable bonds is 5. The standard InChI is InChI=1S/C11H17N2O8P/c12-10(16)6-2-1-3-13(4-6)11-9(15)8(14)7(21-11)5-20-22(17,18)19/h1,3-4,7-9,11,14-15H,2,5H2,(H2,12,16)(H2,17,18,19)/p-1/t7-,8-,9-,11+/m1/s1. The number of aliphatic hydroxyl groups is 2. The van der Waals surface area contributed by atoms with Crippen LogP contribution >= 0.6 is 7.82 Å². The molecule has 0 radical (unpaired) electrons. The third-order valence-corrected chi connectivity index (χ3v) is 3.75. The summed E-state index contributed by atoms with van der Waals surface area (Å²) in [6, 6.07) is 0. The molecule has 22 heavy (non-hydrogen) atoms. The van der Waals surface area contributed by atoms with Crippen LogP contribution in [0, 0.1) is 0 Å². The maximum absolute atomic E-state index is 11.2. The van der Waals surface area contributed by atoms with Gasteiger partial charge in [0.05, 0.1) is 6.61 Å². The zero-order chi connectivity index (χ0) is 16.5. The maximum atomic E-state index is 11.2. The molecule has 1 fully saturated rings. The summed E-state index contributed by atoms with van der Waals surface area (Å²) in [6.07, 6.45) is -0.199. The van der Waals surface area contributed by atoms with E-state index in [0.717, 1.165) is 0 Å². The number of allylic oxidation sites excluding steroid dienone is 1. The molecule has 10 nitrogen and oxygen atoms in total. The van der Waals surface area contributed by atoms with Crippen molar-refractivity contribution >= 4 is 13.7 Å². The quantitative estimate of drug-likeness (QED) is 0.397. The first-order valence-electron chi connectivity index (χ1n) is 6.33. The number of aliphatic hydroxyl groups excluding tert-OH is 2. The molecule has 0 spiro atoms. The number of nitrogens with zero attached hydrogens (tertiary/aromatic N) is 1. The summed E-state index contributed by atoms with van der Waals surface area (Å²) >= 11 is 0. The Kier molecular flexibility index (Phi) is 5.03. The van der Waals surface area contributed by atoms with Crippen LogP contribution in [-0.2, 0) is 18.6 Å². The first-order chi connectivity index (χ1) is 10.2. The number of amides is 1. The van der Waals surface area contributed by atoms with Gasteiger partial charge in [-0.1, -0.05) is 6.08 Å². The molecular formula is C11H16N2O8P-. The Morgan fingerprint density at radius 1 is 1.55 bits per heavy atom. The molecular weight excluding hydrogens is 319 g/mol. The van der Waals surface area contributed by atoms with Gasteiger partial charge in [-0.3, -0.25) is 9.36 Å². The third-order valence-electron chi connectivity index (χ3n) is 3.27. The first-order valence-corrected chi connectivity index (χ1v) is 7.83. The van der Waals surface area contributed by atoms with E-state index in [-0.39, 0.29) is 5.57 Å². The Morgan fingerprint density at radius 2 is 2.23 bits per heavy atom. The van der Waals surface area contributed by atoms with Gasteiger partial charge in [0.15, 0.2) is 6.23 Å². The Morgan fingerprint density at radius 3 is 2.82 bits per heavy atom. The number of hydrogen-bond donors (Lipinski definition) is 4. The summed E-state index contributed by atoms with van der Waals surface area (Å²) in [6.45, 7) is -0.657. The molecule has 1 amide bonds. The second-order valence-electron chi connectivity index (χ2n) is 4.87. The smallest absolute Gasteiger partial charge is 0.265 e. The fourth-order valence-corrected chi connectivity index (χ4v) is 2.52. The van der Waals surface area contributed by atoms with Gasteiger partial charge < -0.3 is 39.9 Å². The highest BCUT2D eigenvalue weighted by Gasteiger charge is 2.45. The second kappa shape index (κ2) is 6.47. The first kappa shape index (κ1) is 17.1. The lowest BCUT2D eigenvalue weighted by Crippen LogP contribution is -2.40. The van der Waals surface area contributed by atoms with Crippen molar-refractivity contribution in [2.45, 2.75) is 31.0 Å². The zero-order valence-electron chi connectivity index (χ0n) is 11.3. The van der Waals surface area contributed by atoms with E-state index in [4.69, 9.17) is 15.4 Å². The van der Waals surface area contributed by atoms with E-state index in [2.05, 4.69) is 4.52 Å². The van der Waals surface area contributed by atoms with Crippen molar-refractivity contribution in [3.8, 4) is 0 Å². The Labute approximate surface area is 125 Å². The second-order valence-corrected chi connectivity index (χ2v) is 6.06. The van der Waals surface area contributed by atoms with Crippen molar-refractivity contribution in [2.75, 3.05) is 6.61 Å². The average Bonchev–Trinajstić information content (AvgIpc) is 2.72. The summed E-state index contributed by atoms with van der Waals surface area (Å²) in [5.41, 5.74) is 5.46. The fraction of sp³-hybridized carbons (Fsp3) is 0.545. The van der Waals surface area contributed by atoms with E-state index in [1.807, 2.05) is 0 Å². The third kappa shape index (κ3) is 3.93. The Balaban J connectivity index is 2.06. The van der Waals surface area contributed by atoms with Crippen molar-refractivity contribution in [3.05, 3.63) is 24.0 Å². The molecule has 11 heteroatoms. The van der Waals surface area contributed by atoms with Crippen LogP contribution in [0.4, 0.5) is 0 Å². The van der Waals surface area contributed by atoms with E-state index in [1.54, 1.807) is 6.08 Å². The molecule has 124 valence electrons. The molecule has 0 aromatic heterocycles. The van der Waals surface area contributed by atoms with Crippen LogP contribution in [0.25, 0.3) is 0 Å². The van der Waals surface area contributed by atoms with Crippen LogP contribution in [0.15, 0.2) is 24.0 Å². The monoisotopic (exact) mass is 335 g/mol. The minimum Gasteiger partial charge on any atom is -0.756 e. The maximum Gasteiger partial charge on any atom is 0.265 e. The molecule has 0 aromatic rings. The van der Waals surface area contributed by atoms with Crippen LogP contribution < -0.4 is 10.6 Å². The SMILES string of the molecule is NC(=O)C1=CN([C@H]2O[C@H](COP(=O)([O-])O)[C@@H](O)[C@H]2O)C=CC1. The molecule has 0 aliphatic carbocycles. The molecule has 0 bridgehead atoms. The van der Waals surface area contributed by atoms with Crippen molar-refractivity contribution in [3.63, 3.8) is 0 Å². The van der Waals surface area contributed by atoms with Crippen molar-refractivity contribution in [1.82, 2.24) is 4.90 Å². The van der Waals surface area contributed by atoms with E-state index in [9.17, 15) is 24.5 Å². The molecule has 0 aromatic carbocycles. The number of hydrogen-bond acceptors (Lipinski definition) is 8. The lowest BCUT2D eigenvalue weighted by atomic mass is 10.1. The predicted octanol–water partition coefficient (Wildman–Crippen LogP) is -2.50. The summed E-state index contributed by atoms with van der Waals surface area (Å²) in [7, 11) is -4.96. The highest BCUT2D eigenvalue weighted by atomic mass is 31.2. The largest absolute Gasteiger partial charge is 0.756 e. The van der Waals surface area contributed by atoms with Crippen molar-refractivity contribution in [2.24, 2.45) is 5.73 Å². The molecule has 0 saturated carbocycles. The number of ether oxygens (including phenoxy) is 1. The predicted molar refractivity (Wildman–Crippen MR) is 69.3 cm³/mol. The van der Waals surface area contributed by atoms with Gasteiger partial charge >= 0.3 is 0 Å². The number of phosphoric acid groups is 1. The Bertz CT molecular complexity index is 544. The number of carbonyl (C=O) groups is 1. The molecule has 2 heterocycles. The Hall–Kier alpha value is -1.26. The van der Waals surface area contributed by atoms with E-state index < -0.39 is 44.9 Å².